The van der Waals surface area contributed by atoms with E-state index in [1.54, 1.807) is 0 Å². The van der Waals surface area contributed by atoms with E-state index in [4.69, 9.17) is 6.42 Å². The van der Waals surface area contributed by atoms with Crippen LogP contribution in [0, 0.1) is 12.3 Å². The van der Waals surface area contributed by atoms with Gasteiger partial charge >= 0.3 is 6.18 Å². The Morgan fingerprint density at radius 1 is 0.800 bits per heavy atom. The molecule has 15 heavy (non-hydrogen) atoms. The average Bonchev–Trinajstić information content (AvgIpc) is 2.14. The van der Waals surface area contributed by atoms with Crippen molar-refractivity contribution in [3.8, 4) is 12.3 Å². The van der Waals surface area contributed by atoms with Crippen LogP contribution in [0.1, 0.15) is 57.8 Å². The van der Waals surface area contributed by atoms with Gasteiger partial charge in [0, 0.05) is 12.8 Å². The van der Waals surface area contributed by atoms with Gasteiger partial charge in [0.25, 0.3) is 0 Å². The Morgan fingerprint density at radius 3 is 1.73 bits per heavy atom. The molecule has 0 aliphatic rings. The molecule has 0 aliphatic carbocycles. The van der Waals surface area contributed by atoms with Crippen molar-refractivity contribution in [1.82, 2.24) is 0 Å². The average molecular weight is 220 g/mol. The fourth-order valence-electron chi connectivity index (χ4n) is 1.44. The largest absolute Gasteiger partial charge is 0.389 e. The van der Waals surface area contributed by atoms with Crippen LogP contribution < -0.4 is 0 Å². The summed E-state index contributed by atoms with van der Waals surface area (Å²) in [6, 6.07) is 0. The van der Waals surface area contributed by atoms with Crippen LogP contribution in [0.3, 0.4) is 0 Å². The van der Waals surface area contributed by atoms with Gasteiger partial charge in [0.15, 0.2) is 0 Å². The normalized spacial score (nSPS) is 11.3. The fourth-order valence-corrected chi connectivity index (χ4v) is 1.44. The highest BCUT2D eigenvalue weighted by atomic mass is 19.4. The third-order valence-electron chi connectivity index (χ3n) is 2.28. The second-order valence-electron chi connectivity index (χ2n) is 3.79. The Morgan fingerprint density at radius 2 is 1.27 bits per heavy atom. The summed E-state index contributed by atoms with van der Waals surface area (Å²) in [5, 5.41) is 0. The van der Waals surface area contributed by atoms with Crippen molar-refractivity contribution in [3.63, 3.8) is 0 Å². The lowest BCUT2D eigenvalue weighted by molar-refractivity contribution is -0.135. The van der Waals surface area contributed by atoms with Gasteiger partial charge in [0.1, 0.15) is 0 Å². The second-order valence-corrected chi connectivity index (χ2v) is 3.79. The Balaban J connectivity index is 3.03. The van der Waals surface area contributed by atoms with Crippen molar-refractivity contribution in [2.45, 2.75) is 64.0 Å². The molecule has 0 spiro atoms. The predicted octanol–water partition coefficient (Wildman–Crippen LogP) is 4.69. The maximum absolute atomic E-state index is 11.8. The molecule has 0 atom stereocenters. The third kappa shape index (κ3) is 13.3. The minimum Gasteiger partial charge on any atom is -0.171 e. The van der Waals surface area contributed by atoms with E-state index in [-0.39, 0.29) is 6.42 Å². The van der Waals surface area contributed by atoms with Gasteiger partial charge in [-0.3, -0.25) is 0 Å². The monoisotopic (exact) mass is 220 g/mol. The van der Waals surface area contributed by atoms with Crippen LogP contribution in [0.25, 0.3) is 0 Å². The highest BCUT2D eigenvalue weighted by Gasteiger charge is 2.25. The standard InChI is InChI=1S/C12H19F3/c1-2-3-4-5-6-7-8-9-10-11-12(13,14)15/h1H,3-11H2. The van der Waals surface area contributed by atoms with Crippen LogP contribution in [0.2, 0.25) is 0 Å². The summed E-state index contributed by atoms with van der Waals surface area (Å²) in [6.45, 7) is 0. The van der Waals surface area contributed by atoms with Gasteiger partial charge in [-0.1, -0.05) is 32.1 Å². The topological polar surface area (TPSA) is 0 Å². The first kappa shape index (κ1) is 14.3. The van der Waals surface area contributed by atoms with E-state index < -0.39 is 12.6 Å². The zero-order valence-corrected chi connectivity index (χ0v) is 9.08. The molecule has 0 nitrogen and oxygen atoms in total. The molecule has 0 aromatic carbocycles. The van der Waals surface area contributed by atoms with Crippen LogP contribution >= 0.6 is 0 Å². The third-order valence-corrected chi connectivity index (χ3v) is 2.28. The van der Waals surface area contributed by atoms with Gasteiger partial charge in [0.05, 0.1) is 0 Å². The van der Waals surface area contributed by atoms with Gasteiger partial charge in [0.2, 0.25) is 0 Å². The van der Waals surface area contributed by atoms with Crippen LogP contribution in [0.5, 0.6) is 0 Å². The van der Waals surface area contributed by atoms with Crippen LogP contribution in [-0.4, -0.2) is 6.18 Å². The van der Waals surface area contributed by atoms with Crippen molar-refractivity contribution < 1.29 is 13.2 Å². The minimum atomic E-state index is -3.98. The molecule has 0 fully saturated rings. The Bertz CT molecular complexity index is 176. The predicted molar refractivity (Wildman–Crippen MR) is 56.4 cm³/mol. The summed E-state index contributed by atoms with van der Waals surface area (Å²) in [7, 11) is 0. The molecule has 0 saturated carbocycles. The SMILES string of the molecule is C#CCCCCCCCCCC(F)(F)F. The van der Waals surface area contributed by atoms with Crippen molar-refractivity contribution >= 4 is 0 Å². The maximum atomic E-state index is 11.8. The maximum Gasteiger partial charge on any atom is 0.389 e. The first-order chi connectivity index (χ1) is 7.06. The van der Waals surface area contributed by atoms with Gasteiger partial charge < -0.3 is 0 Å². The van der Waals surface area contributed by atoms with Crippen LogP contribution in [0.15, 0.2) is 0 Å². The molecule has 0 N–H and O–H groups in total. The summed E-state index contributed by atoms with van der Waals surface area (Å²) >= 11 is 0. The fraction of sp³-hybridized carbons (Fsp3) is 0.833. The van der Waals surface area contributed by atoms with Crippen molar-refractivity contribution in [3.05, 3.63) is 0 Å². The van der Waals surface area contributed by atoms with Gasteiger partial charge in [-0.25, -0.2) is 0 Å². The second kappa shape index (κ2) is 8.64. The summed E-state index contributed by atoms with van der Waals surface area (Å²) < 4.78 is 35.3. The van der Waals surface area contributed by atoms with Gasteiger partial charge in [-0.15, -0.1) is 12.3 Å². The molecule has 0 unspecified atom stereocenters. The lowest BCUT2D eigenvalue weighted by Crippen LogP contribution is -2.06. The minimum absolute atomic E-state index is 0.272. The highest BCUT2D eigenvalue weighted by molar-refractivity contribution is 4.82. The molecule has 0 heterocycles. The lowest BCUT2D eigenvalue weighted by atomic mass is 10.1. The van der Waals surface area contributed by atoms with Gasteiger partial charge in [-0.05, 0) is 12.8 Å². The highest BCUT2D eigenvalue weighted by Crippen LogP contribution is 2.23. The van der Waals surface area contributed by atoms with E-state index in [0.717, 1.165) is 38.5 Å². The molecule has 88 valence electrons. The number of hydrogen-bond acceptors (Lipinski definition) is 0. The number of alkyl halides is 3. The first-order valence-electron chi connectivity index (χ1n) is 5.56. The van der Waals surface area contributed by atoms with E-state index in [1.807, 2.05) is 0 Å². The van der Waals surface area contributed by atoms with E-state index in [2.05, 4.69) is 5.92 Å². The molecule has 0 amide bonds. The van der Waals surface area contributed by atoms with Crippen LogP contribution in [0.4, 0.5) is 13.2 Å². The van der Waals surface area contributed by atoms with E-state index >= 15 is 0 Å². The molecule has 0 aromatic rings. The van der Waals surface area contributed by atoms with E-state index in [9.17, 15) is 13.2 Å². The quantitative estimate of drug-likeness (QED) is 0.411. The van der Waals surface area contributed by atoms with Crippen molar-refractivity contribution in [2.75, 3.05) is 0 Å². The molecule has 0 saturated heterocycles. The molecule has 3 heteroatoms. The number of terminal acetylenes is 1. The van der Waals surface area contributed by atoms with E-state index in [1.165, 1.54) is 0 Å². The van der Waals surface area contributed by atoms with Gasteiger partial charge in [-0.2, -0.15) is 13.2 Å². The summed E-state index contributed by atoms with van der Waals surface area (Å²) in [4.78, 5) is 0. The van der Waals surface area contributed by atoms with Crippen molar-refractivity contribution in [1.29, 1.82) is 0 Å². The lowest BCUT2D eigenvalue weighted by Gasteiger charge is -2.05. The summed E-state index contributed by atoms with van der Waals surface area (Å²) in [6.07, 6.45) is 7.42. The zero-order chi connectivity index (χ0) is 11.6. The smallest absolute Gasteiger partial charge is 0.171 e. The number of halogens is 3. The first-order valence-corrected chi connectivity index (χ1v) is 5.56. The molecule has 0 rings (SSSR count). The van der Waals surface area contributed by atoms with E-state index in [0.29, 0.717) is 6.42 Å². The Kier molecular flexibility index (Phi) is 8.27. The Hall–Kier alpha value is -0.650. The molecule has 0 bridgehead atoms. The summed E-state index contributed by atoms with van der Waals surface area (Å²) in [5.41, 5.74) is 0. The van der Waals surface area contributed by atoms with Crippen LogP contribution in [-0.2, 0) is 0 Å². The van der Waals surface area contributed by atoms with Crippen molar-refractivity contribution in [2.24, 2.45) is 0 Å². The number of hydrogen-bond donors (Lipinski definition) is 0. The molecular weight excluding hydrogens is 201 g/mol. The zero-order valence-electron chi connectivity index (χ0n) is 9.08. The Labute approximate surface area is 90.2 Å². The number of rotatable bonds is 8. The molecule has 0 aromatic heterocycles. The molecule has 0 radical (unpaired) electrons. The summed E-state index contributed by atoms with van der Waals surface area (Å²) in [5.74, 6) is 2.57. The number of unbranched alkanes of at least 4 members (excludes halogenated alkanes) is 7. The molecular formula is C12H19F3. The molecule has 0 aliphatic heterocycles.